The van der Waals surface area contributed by atoms with Gasteiger partial charge in [0.1, 0.15) is 11.9 Å². The number of aryl methyl sites for hydroxylation is 1. The minimum absolute atomic E-state index is 0.0763. The summed E-state index contributed by atoms with van der Waals surface area (Å²) >= 11 is 0. The van der Waals surface area contributed by atoms with E-state index < -0.39 is 12.0 Å². The van der Waals surface area contributed by atoms with Crippen molar-refractivity contribution in [2.75, 3.05) is 25.1 Å². The van der Waals surface area contributed by atoms with Gasteiger partial charge in [0.05, 0.1) is 24.1 Å². The molecule has 154 valence electrons. The van der Waals surface area contributed by atoms with Crippen molar-refractivity contribution in [2.24, 2.45) is 17.1 Å². The van der Waals surface area contributed by atoms with Crippen molar-refractivity contribution in [3.05, 3.63) is 33.9 Å². The van der Waals surface area contributed by atoms with Gasteiger partial charge in [-0.1, -0.05) is 0 Å². The van der Waals surface area contributed by atoms with E-state index in [-0.39, 0.29) is 27.8 Å². The van der Waals surface area contributed by atoms with Crippen LogP contribution in [0.1, 0.15) is 37.3 Å². The molecular weight excluding hydrogens is 376 g/mol. The average molecular weight is 401 g/mol. The van der Waals surface area contributed by atoms with Gasteiger partial charge in [0.15, 0.2) is 17.0 Å². The number of anilines is 1. The predicted octanol–water partition coefficient (Wildman–Crippen LogP) is 3.06. The second kappa shape index (κ2) is 5.31. The van der Waals surface area contributed by atoms with Gasteiger partial charge >= 0.3 is 0 Å². The molecule has 6 rings (SSSR count). The summed E-state index contributed by atoms with van der Waals surface area (Å²) in [6, 6.07) is 0.961. The predicted molar refractivity (Wildman–Crippen MR) is 107 cm³/mol. The lowest BCUT2D eigenvalue weighted by Gasteiger charge is -2.27. The number of hydrogen-bond donors (Lipinski definition) is 1. The first-order valence-electron chi connectivity index (χ1n) is 10.4. The van der Waals surface area contributed by atoms with E-state index in [4.69, 9.17) is 10.5 Å². The molecule has 7 heteroatoms. The Morgan fingerprint density at radius 3 is 2.72 bits per heavy atom. The Kier molecular flexibility index (Phi) is 3.24. The third-order valence-electron chi connectivity index (χ3n) is 8.04. The summed E-state index contributed by atoms with van der Waals surface area (Å²) in [4.78, 5) is 14.8. The number of methoxy groups -OCH3 is 1. The number of hydrogen-bond acceptors (Lipinski definition) is 4. The summed E-state index contributed by atoms with van der Waals surface area (Å²) in [7, 11) is 1.49. The molecule has 1 aliphatic heterocycles. The second-order valence-corrected chi connectivity index (χ2v) is 9.61. The lowest BCUT2D eigenvalue weighted by Crippen LogP contribution is -2.46. The zero-order chi connectivity index (χ0) is 20.3. The Morgan fingerprint density at radius 2 is 2.10 bits per heavy atom. The van der Waals surface area contributed by atoms with Crippen molar-refractivity contribution < 1.29 is 13.5 Å². The molecule has 1 aromatic heterocycles. The Labute approximate surface area is 167 Å². The number of nitrogens with zero attached hydrogens (tertiary/aromatic N) is 2. The number of nitrogens with two attached hydrogens (primary N) is 1. The van der Waals surface area contributed by atoms with Crippen LogP contribution in [-0.4, -0.2) is 36.5 Å². The number of aromatic nitrogens is 1. The van der Waals surface area contributed by atoms with Crippen LogP contribution < -0.4 is 20.8 Å². The monoisotopic (exact) mass is 401 g/mol. The van der Waals surface area contributed by atoms with Gasteiger partial charge in [-0.05, 0) is 38.2 Å². The van der Waals surface area contributed by atoms with Crippen LogP contribution in [0, 0.1) is 24.1 Å². The molecule has 3 aliphatic carbocycles. The van der Waals surface area contributed by atoms with Crippen molar-refractivity contribution in [1.29, 1.82) is 0 Å². The minimum Gasteiger partial charge on any atom is -0.492 e. The number of halogens is 2. The van der Waals surface area contributed by atoms with E-state index in [1.54, 1.807) is 17.7 Å². The second-order valence-electron chi connectivity index (χ2n) is 9.61. The van der Waals surface area contributed by atoms with Crippen LogP contribution in [0.5, 0.6) is 5.75 Å². The van der Waals surface area contributed by atoms with Gasteiger partial charge in [0, 0.05) is 42.2 Å². The molecule has 0 bridgehead atoms. The SMILES string of the molecule is COc1c(N2CC3(N)CCC4CC43C2)c(F)cc2c(=O)c(C)cn([C@@H]3C[C@@H]3F)c12. The standard InChI is InChI=1S/C22H25F2N3O2/c1-11-8-27(16-6-14(16)23)17-13(19(11)28)5-15(24)18(20(17)29-2)26-9-21-7-12(21)3-4-22(21,25)10-26/h5,8,12,14,16H,3-4,6-7,9-10,25H2,1-2H3/t12?,14-,16+,21?,22?/m0/s1. The van der Waals surface area contributed by atoms with Crippen LogP contribution >= 0.6 is 0 Å². The molecule has 0 radical (unpaired) electrons. The van der Waals surface area contributed by atoms with Gasteiger partial charge in [-0.25, -0.2) is 8.78 Å². The number of fused-ring (bicyclic) bond motifs is 1. The first kappa shape index (κ1) is 17.7. The third kappa shape index (κ3) is 2.09. The number of pyridine rings is 1. The normalized spacial score (nSPS) is 37.0. The first-order valence-corrected chi connectivity index (χ1v) is 10.4. The topological polar surface area (TPSA) is 60.5 Å². The van der Waals surface area contributed by atoms with Crippen LogP contribution in [-0.2, 0) is 0 Å². The number of alkyl halides is 1. The van der Waals surface area contributed by atoms with E-state index in [1.165, 1.54) is 13.2 Å². The highest BCUT2D eigenvalue weighted by Gasteiger charge is 2.72. The van der Waals surface area contributed by atoms with Crippen molar-refractivity contribution in [3.63, 3.8) is 0 Å². The average Bonchev–Trinajstić information content (AvgIpc) is 3.52. The summed E-state index contributed by atoms with van der Waals surface area (Å²) in [5.41, 5.74) is 7.61. The van der Waals surface area contributed by atoms with Crippen LogP contribution in [0.15, 0.2) is 17.1 Å². The highest BCUT2D eigenvalue weighted by atomic mass is 19.1. The van der Waals surface area contributed by atoms with Crippen molar-refractivity contribution in [1.82, 2.24) is 4.57 Å². The fourth-order valence-electron chi connectivity index (χ4n) is 6.30. The Hall–Kier alpha value is -2.15. The van der Waals surface area contributed by atoms with Crippen molar-refractivity contribution in [2.45, 2.75) is 50.4 Å². The van der Waals surface area contributed by atoms with Gasteiger partial charge in [0.2, 0.25) is 0 Å². The molecule has 5 nitrogen and oxygen atoms in total. The van der Waals surface area contributed by atoms with Crippen LogP contribution in [0.2, 0.25) is 0 Å². The number of rotatable bonds is 3. The molecule has 1 spiro atoms. The van der Waals surface area contributed by atoms with Gasteiger partial charge < -0.3 is 19.9 Å². The van der Waals surface area contributed by atoms with Crippen LogP contribution in [0.3, 0.4) is 0 Å². The maximum atomic E-state index is 15.4. The van der Waals surface area contributed by atoms with Crippen molar-refractivity contribution >= 4 is 16.6 Å². The molecule has 3 unspecified atom stereocenters. The maximum Gasteiger partial charge on any atom is 0.192 e. The summed E-state index contributed by atoms with van der Waals surface area (Å²) < 4.78 is 36.8. The zero-order valence-corrected chi connectivity index (χ0v) is 16.7. The maximum absolute atomic E-state index is 15.4. The zero-order valence-electron chi connectivity index (χ0n) is 16.7. The van der Waals surface area contributed by atoms with E-state index >= 15 is 4.39 Å². The highest BCUT2D eigenvalue weighted by Crippen LogP contribution is 2.70. The molecule has 29 heavy (non-hydrogen) atoms. The Balaban J connectivity index is 1.58. The summed E-state index contributed by atoms with van der Waals surface area (Å²) in [5, 5.41) is 0.242. The van der Waals surface area contributed by atoms with Gasteiger partial charge in [-0.3, -0.25) is 4.79 Å². The molecule has 2 N–H and O–H groups in total. The first-order chi connectivity index (χ1) is 13.8. The summed E-state index contributed by atoms with van der Waals surface area (Å²) in [5.74, 6) is 0.466. The molecule has 1 saturated heterocycles. The quantitative estimate of drug-likeness (QED) is 0.859. The van der Waals surface area contributed by atoms with Crippen LogP contribution in [0.25, 0.3) is 10.9 Å². The molecule has 3 saturated carbocycles. The molecule has 0 amide bonds. The van der Waals surface area contributed by atoms with Crippen LogP contribution in [0.4, 0.5) is 14.5 Å². The fourth-order valence-corrected chi connectivity index (χ4v) is 6.30. The largest absolute Gasteiger partial charge is 0.492 e. The highest BCUT2D eigenvalue weighted by molar-refractivity contribution is 5.92. The molecule has 4 aliphatic rings. The third-order valence-corrected chi connectivity index (χ3v) is 8.04. The van der Waals surface area contributed by atoms with Crippen molar-refractivity contribution in [3.8, 4) is 5.75 Å². The molecule has 4 fully saturated rings. The fraction of sp³-hybridized carbons (Fsp3) is 0.591. The van der Waals surface area contributed by atoms with E-state index in [2.05, 4.69) is 0 Å². The van der Waals surface area contributed by atoms with E-state index in [0.29, 0.717) is 47.9 Å². The minimum atomic E-state index is -0.956. The Bertz CT molecular complexity index is 1130. The lowest BCUT2D eigenvalue weighted by molar-refractivity contribution is 0.344. The van der Waals surface area contributed by atoms with Gasteiger partial charge in [-0.15, -0.1) is 0 Å². The summed E-state index contributed by atoms with van der Waals surface area (Å²) in [6.07, 6.45) is 4.34. The number of ether oxygens (including phenoxy) is 1. The summed E-state index contributed by atoms with van der Waals surface area (Å²) in [6.45, 7) is 2.96. The smallest absolute Gasteiger partial charge is 0.192 e. The Morgan fingerprint density at radius 1 is 1.34 bits per heavy atom. The molecular formula is C22H25F2N3O2. The molecule has 1 aromatic carbocycles. The van der Waals surface area contributed by atoms with Gasteiger partial charge in [0.25, 0.3) is 0 Å². The molecule has 5 atom stereocenters. The molecule has 2 heterocycles. The lowest BCUT2D eigenvalue weighted by atomic mass is 9.86. The number of benzene rings is 1. The van der Waals surface area contributed by atoms with E-state index in [0.717, 1.165) is 19.3 Å². The van der Waals surface area contributed by atoms with Gasteiger partial charge in [-0.2, -0.15) is 0 Å². The van der Waals surface area contributed by atoms with E-state index in [1.807, 2.05) is 4.90 Å². The molecule has 2 aromatic rings. The van der Waals surface area contributed by atoms with E-state index in [9.17, 15) is 9.18 Å².